The van der Waals surface area contributed by atoms with Crippen LogP contribution in [0.2, 0.25) is 0 Å². The average Bonchev–Trinajstić information content (AvgIpc) is 3.11. The van der Waals surface area contributed by atoms with Gasteiger partial charge in [0, 0.05) is 31.1 Å². The summed E-state index contributed by atoms with van der Waals surface area (Å²) < 4.78 is 0. The zero-order valence-electron chi connectivity index (χ0n) is 12.5. The van der Waals surface area contributed by atoms with Crippen LogP contribution in [-0.4, -0.2) is 31.1 Å². The standard InChI is InChI=1S/C19H20N2S/c1-2-7-16-15(5-1)6-3-8-17(16)19(18-9-4-14-22-18)21-12-10-20-11-13-21/h1-9,14,19-20H,10-13H2/t19-/m1/s1. The van der Waals surface area contributed by atoms with E-state index in [1.807, 2.05) is 11.3 Å². The fourth-order valence-electron chi connectivity index (χ4n) is 3.41. The summed E-state index contributed by atoms with van der Waals surface area (Å²) in [6.07, 6.45) is 0. The molecule has 0 unspecified atom stereocenters. The van der Waals surface area contributed by atoms with Gasteiger partial charge in [0.25, 0.3) is 0 Å². The Morgan fingerprint density at radius 1 is 0.909 bits per heavy atom. The Kier molecular flexibility index (Phi) is 3.94. The summed E-state index contributed by atoms with van der Waals surface area (Å²) in [7, 11) is 0. The highest BCUT2D eigenvalue weighted by Gasteiger charge is 2.25. The molecule has 22 heavy (non-hydrogen) atoms. The highest BCUT2D eigenvalue weighted by atomic mass is 32.1. The van der Waals surface area contributed by atoms with Crippen LogP contribution in [-0.2, 0) is 0 Å². The molecule has 0 spiro atoms. The number of nitrogens with one attached hydrogen (secondary N) is 1. The van der Waals surface area contributed by atoms with Crippen molar-refractivity contribution in [3.63, 3.8) is 0 Å². The Morgan fingerprint density at radius 3 is 2.55 bits per heavy atom. The molecular formula is C19H20N2S. The normalized spacial score (nSPS) is 17.6. The first-order valence-electron chi connectivity index (χ1n) is 7.89. The molecule has 3 aromatic rings. The minimum Gasteiger partial charge on any atom is -0.314 e. The lowest BCUT2D eigenvalue weighted by Gasteiger charge is -2.35. The molecule has 112 valence electrons. The lowest BCUT2D eigenvalue weighted by Crippen LogP contribution is -2.45. The topological polar surface area (TPSA) is 15.3 Å². The van der Waals surface area contributed by atoms with Crippen molar-refractivity contribution >= 4 is 22.1 Å². The Morgan fingerprint density at radius 2 is 1.73 bits per heavy atom. The van der Waals surface area contributed by atoms with E-state index in [0.717, 1.165) is 26.2 Å². The molecular weight excluding hydrogens is 288 g/mol. The van der Waals surface area contributed by atoms with Crippen molar-refractivity contribution in [3.8, 4) is 0 Å². The maximum atomic E-state index is 3.47. The van der Waals surface area contributed by atoms with Crippen LogP contribution in [0.15, 0.2) is 60.0 Å². The number of rotatable bonds is 3. The summed E-state index contributed by atoms with van der Waals surface area (Å²) in [4.78, 5) is 4.06. The predicted molar refractivity (Wildman–Crippen MR) is 94.6 cm³/mol. The number of hydrogen-bond donors (Lipinski definition) is 1. The first kappa shape index (κ1) is 13.9. The van der Waals surface area contributed by atoms with E-state index in [9.17, 15) is 0 Å². The van der Waals surface area contributed by atoms with Crippen LogP contribution in [0.3, 0.4) is 0 Å². The van der Waals surface area contributed by atoms with Crippen LogP contribution < -0.4 is 5.32 Å². The zero-order chi connectivity index (χ0) is 14.8. The Hall–Kier alpha value is -1.68. The van der Waals surface area contributed by atoms with Gasteiger partial charge in [-0.25, -0.2) is 0 Å². The van der Waals surface area contributed by atoms with Crippen LogP contribution >= 0.6 is 11.3 Å². The van der Waals surface area contributed by atoms with Crippen molar-refractivity contribution in [2.45, 2.75) is 6.04 Å². The van der Waals surface area contributed by atoms with Gasteiger partial charge < -0.3 is 5.32 Å². The first-order chi connectivity index (χ1) is 10.9. The van der Waals surface area contributed by atoms with E-state index in [0.29, 0.717) is 6.04 Å². The van der Waals surface area contributed by atoms with E-state index in [-0.39, 0.29) is 0 Å². The van der Waals surface area contributed by atoms with Gasteiger partial charge in [0.2, 0.25) is 0 Å². The molecule has 0 saturated carbocycles. The summed E-state index contributed by atoms with van der Waals surface area (Å²) in [6.45, 7) is 4.36. The predicted octanol–water partition coefficient (Wildman–Crippen LogP) is 3.90. The average molecular weight is 308 g/mol. The SMILES string of the molecule is c1csc([C@@H](c2cccc3ccccc23)N2CCNCC2)c1. The number of thiophene rings is 1. The van der Waals surface area contributed by atoms with E-state index in [2.05, 4.69) is 70.2 Å². The van der Waals surface area contributed by atoms with Crippen molar-refractivity contribution in [3.05, 3.63) is 70.4 Å². The number of piperazine rings is 1. The van der Waals surface area contributed by atoms with Crippen molar-refractivity contribution in [2.24, 2.45) is 0 Å². The van der Waals surface area contributed by atoms with Crippen molar-refractivity contribution in [1.29, 1.82) is 0 Å². The van der Waals surface area contributed by atoms with Gasteiger partial charge in [0.05, 0.1) is 6.04 Å². The smallest absolute Gasteiger partial charge is 0.0702 e. The summed E-state index contributed by atoms with van der Waals surface area (Å²) in [5.74, 6) is 0. The number of fused-ring (bicyclic) bond motifs is 1. The molecule has 0 radical (unpaired) electrons. The Balaban J connectivity index is 1.85. The van der Waals surface area contributed by atoms with Crippen LogP contribution in [0.25, 0.3) is 10.8 Å². The summed E-state index contributed by atoms with van der Waals surface area (Å²) in [6, 6.07) is 20.3. The second kappa shape index (κ2) is 6.21. The molecule has 1 fully saturated rings. The third-order valence-electron chi connectivity index (χ3n) is 4.45. The molecule has 2 nitrogen and oxygen atoms in total. The number of hydrogen-bond acceptors (Lipinski definition) is 3. The first-order valence-corrected chi connectivity index (χ1v) is 8.77. The molecule has 1 aliphatic rings. The minimum absolute atomic E-state index is 0.369. The molecule has 1 atom stereocenters. The summed E-state index contributed by atoms with van der Waals surface area (Å²) in [5, 5.41) is 8.36. The van der Waals surface area contributed by atoms with Crippen molar-refractivity contribution in [2.75, 3.05) is 26.2 Å². The molecule has 1 aromatic heterocycles. The summed E-state index contributed by atoms with van der Waals surface area (Å²) in [5.41, 5.74) is 1.43. The highest BCUT2D eigenvalue weighted by molar-refractivity contribution is 7.10. The number of benzene rings is 2. The Labute approximate surface area is 135 Å². The Bertz CT molecular complexity index is 740. The van der Waals surface area contributed by atoms with Crippen LogP contribution in [0.5, 0.6) is 0 Å². The molecule has 0 bridgehead atoms. The van der Waals surface area contributed by atoms with Gasteiger partial charge in [-0.3, -0.25) is 4.90 Å². The fourth-order valence-corrected chi connectivity index (χ4v) is 4.28. The van der Waals surface area contributed by atoms with E-state index < -0.39 is 0 Å². The molecule has 2 heterocycles. The zero-order valence-corrected chi connectivity index (χ0v) is 13.4. The van der Waals surface area contributed by atoms with Gasteiger partial charge in [-0.05, 0) is 27.8 Å². The largest absolute Gasteiger partial charge is 0.314 e. The van der Waals surface area contributed by atoms with E-state index in [1.165, 1.54) is 21.2 Å². The molecule has 1 saturated heterocycles. The lowest BCUT2D eigenvalue weighted by molar-refractivity contribution is 0.201. The lowest BCUT2D eigenvalue weighted by atomic mass is 9.96. The van der Waals surface area contributed by atoms with E-state index >= 15 is 0 Å². The molecule has 1 aliphatic heterocycles. The van der Waals surface area contributed by atoms with Gasteiger partial charge >= 0.3 is 0 Å². The van der Waals surface area contributed by atoms with Gasteiger partial charge in [0.15, 0.2) is 0 Å². The fraction of sp³-hybridized carbons (Fsp3) is 0.263. The molecule has 3 heteroatoms. The second-order valence-electron chi connectivity index (χ2n) is 5.77. The second-order valence-corrected chi connectivity index (χ2v) is 6.75. The molecule has 0 amide bonds. The van der Waals surface area contributed by atoms with Crippen molar-refractivity contribution in [1.82, 2.24) is 10.2 Å². The van der Waals surface area contributed by atoms with E-state index in [4.69, 9.17) is 0 Å². The van der Waals surface area contributed by atoms with Crippen LogP contribution in [0, 0.1) is 0 Å². The van der Waals surface area contributed by atoms with Crippen LogP contribution in [0.4, 0.5) is 0 Å². The maximum absolute atomic E-state index is 3.47. The highest BCUT2D eigenvalue weighted by Crippen LogP contribution is 2.35. The van der Waals surface area contributed by atoms with Crippen molar-refractivity contribution < 1.29 is 0 Å². The van der Waals surface area contributed by atoms with Gasteiger partial charge in [-0.15, -0.1) is 11.3 Å². The van der Waals surface area contributed by atoms with Gasteiger partial charge in [0.1, 0.15) is 0 Å². The molecule has 1 N–H and O–H groups in total. The van der Waals surface area contributed by atoms with E-state index in [1.54, 1.807) is 0 Å². The quantitative estimate of drug-likeness (QED) is 0.789. The molecule has 0 aliphatic carbocycles. The van der Waals surface area contributed by atoms with Crippen LogP contribution in [0.1, 0.15) is 16.5 Å². The summed E-state index contributed by atoms with van der Waals surface area (Å²) >= 11 is 1.87. The van der Waals surface area contributed by atoms with Gasteiger partial charge in [-0.2, -0.15) is 0 Å². The maximum Gasteiger partial charge on any atom is 0.0702 e. The molecule has 2 aromatic carbocycles. The third-order valence-corrected chi connectivity index (χ3v) is 5.37. The van der Waals surface area contributed by atoms with Gasteiger partial charge in [-0.1, -0.05) is 48.5 Å². The minimum atomic E-state index is 0.369. The monoisotopic (exact) mass is 308 g/mol. The number of nitrogens with zero attached hydrogens (tertiary/aromatic N) is 1. The third kappa shape index (κ3) is 2.56. The molecule has 4 rings (SSSR count).